The molecule has 2 heterocycles. The average Bonchev–Trinajstić information content (AvgIpc) is 3.49. The zero-order valence-electron chi connectivity index (χ0n) is 18.1. The fourth-order valence-electron chi connectivity index (χ4n) is 3.22. The minimum atomic E-state index is -0.174. The summed E-state index contributed by atoms with van der Waals surface area (Å²) in [5.41, 5.74) is 4.58. The molecule has 1 aliphatic carbocycles. The van der Waals surface area contributed by atoms with E-state index < -0.39 is 0 Å². The van der Waals surface area contributed by atoms with E-state index in [2.05, 4.69) is 38.2 Å². The molecule has 3 N–H and O–H groups in total. The Hall–Kier alpha value is -1.90. The van der Waals surface area contributed by atoms with Crippen LogP contribution in [0.3, 0.4) is 0 Å². The molecule has 2 aromatic heterocycles. The number of benzene rings is 1. The molecule has 1 saturated carbocycles. The molecule has 7 heteroatoms. The maximum absolute atomic E-state index is 12.4. The Labute approximate surface area is 225 Å². The van der Waals surface area contributed by atoms with Crippen LogP contribution in [-0.2, 0) is 0 Å². The van der Waals surface area contributed by atoms with E-state index >= 15 is 0 Å². The van der Waals surface area contributed by atoms with E-state index in [1.165, 1.54) is 18.4 Å². The van der Waals surface area contributed by atoms with E-state index in [1.807, 2.05) is 50.4 Å². The smallest absolute Gasteiger partial charge is 0.560 e. The number of nitrogens with one attached hydrogen (secondary N) is 3. The summed E-state index contributed by atoms with van der Waals surface area (Å²) in [6.45, 7) is 3.95. The van der Waals surface area contributed by atoms with Gasteiger partial charge >= 0.3 is 51.4 Å². The number of anilines is 2. The molecule has 0 spiro atoms. The Morgan fingerprint density at radius 2 is 2.10 bits per heavy atom. The van der Waals surface area contributed by atoms with Gasteiger partial charge in [-0.05, 0) is 61.9 Å². The third-order valence-electron chi connectivity index (χ3n) is 5.08. The van der Waals surface area contributed by atoms with Crippen molar-refractivity contribution in [3.63, 3.8) is 0 Å². The summed E-state index contributed by atoms with van der Waals surface area (Å²) in [7, 11) is 0. The Morgan fingerprint density at radius 1 is 1.26 bits per heavy atom. The normalized spacial score (nSPS) is 14.0. The third kappa shape index (κ3) is 6.79. The molecule has 0 bridgehead atoms. The quantitative estimate of drug-likeness (QED) is 0.283. The Kier molecular flexibility index (Phi) is 8.51. The number of amides is 1. The molecule has 1 fully saturated rings. The predicted octanol–water partition coefficient (Wildman–Crippen LogP) is 1.67. The topological polar surface area (TPSA) is 78.9 Å². The number of hydrogen-bond acceptors (Lipinski definition) is 5. The van der Waals surface area contributed by atoms with E-state index in [0.717, 1.165) is 22.6 Å². The van der Waals surface area contributed by atoms with Crippen LogP contribution in [0, 0.1) is 13.1 Å². The first kappa shape index (κ1) is 23.8. The van der Waals surface area contributed by atoms with Crippen LogP contribution in [0.25, 0.3) is 0 Å². The van der Waals surface area contributed by atoms with Crippen LogP contribution in [-0.4, -0.2) is 15.9 Å². The van der Waals surface area contributed by atoms with Crippen molar-refractivity contribution in [3.8, 4) is 0 Å². The minimum absolute atomic E-state index is 0. The van der Waals surface area contributed by atoms with Gasteiger partial charge in [-0.2, -0.15) is 17.8 Å². The zero-order valence-corrected chi connectivity index (χ0v) is 21.3. The van der Waals surface area contributed by atoms with Crippen LogP contribution in [0.15, 0.2) is 61.2 Å². The Morgan fingerprint density at radius 3 is 2.87 bits per heavy atom. The van der Waals surface area contributed by atoms with Crippen molar-refractivity contribution < 1.29 is 56.2 Å². The minimum Gasteiger partial charge on any atom is -0.560 e. The van der Waals surface area contributed by atoms with Crippen molar-refractivity contribution >= 4 is 17.4 Å². The van der Waals surface area contributed by atoms with Gasteiger partial charge in [-0.15, -0.1) is 6.20 Å². The van der Waals surface area contributed by atoms with Crippen molar-refractivity contribution in [2.45, 2.75) is 38.6 Å². The molecule has 4 rings (SSSR count). The summed E-state index contributed by atoms with van der Waals surface area (Å²) in [5, 5.41) is 9.28. The SMILES string of the molecule is Cc1cncc(C(=O)Nc2cccc(C(C)N[C-]=CNc3[cH-]c(C4CC4)cn3)c2)c1.[K+]. The van der Waals surface area contributed by atoms with Gasteiger partial charge in [-0.25, -0.2) is 0 Å². The maximum Gasteiger partial charge on any atom is 1.00 e. The Balaban J connectivity index is 0.00000272. The van der Waals surface area contributed by atoms with Crippen molar-refractivity contribution in [2.24, 2.45) is 0 Å². The fraction of sp³-hybridized carbons (Fsp3) is 0.250. The van der Waals surface area contributed by atoms with Gasteiger partial charge in [-0.1, -0.05) is 12.1 Å². The van der Waals surface area contributed by atoms with E-state index in [-0.39, 0.29) is 63.3 Å². The summed E-state index contributed by atoms with van der Waals surface area (Å²) in [4.78, 5) is 20.9. The van der Waals surface area contributed by atoms with Crippen LogP contribution in [0.4, 0.5) is 11.5 Å². The van der Waals surface area contributed by atoms with Gasteiger partial charge < -0.3 is 27.1 Å². The molecule has 6 nitrogen and oxygen atoms in total. The van der Waals surface area contributed by atoms with Gasteiger partial charge in [0.1, 0.15) is 0 Å². The van der Waals surface area contributed by atoms with Gasteiger partial charge in [0.15, 0.2) is 0 Å². The number of carbonyl (C=O) groups excluding carboxylic acids is 1. The van der Waals surface area contributed by atoms with Crippen molar-refractivity contribution in [3.05, 3.63) is 89.6 Å². The summed E-state index contributed by atoms with van der Waals surface area (Å²) in [5.74, 6) is 1.37. The van der Waals surface area contributed by atoms with Crippen molar-refractivity contribution in [2.75, 3.05) is 10.6 Å². The van der Waals surface area contributed by atoms with E-state index in [0.29, 0.717) is 11.5 Å². The molecule has 0 aliphatic heterocycles. The van der Waals surface area contributed by atoms with Crippen LogP contribution >= 0.6 is 0 Å². The number of rotatable bonds is 8. The third-order valence-corrected chi connectivity index (χ3v) is 5.08. The van der Waals surface area contributed by atoms with E-state index in [4.69, 9.17) is 0 Å². The predicted molar refractivity (Wildman–Crippen MR) is 118 cm³/mol. The molecule has 0 radical (unpaired) electrons. The summed E-state index contributed by atoms with van der Waals surface area (Å²) >= 11 is 0. The molecule has 0 saturated heterocycles. The first-order chi connectivity index (χ1) is 14.6. The van der Waals surface area contributed by atoms with Gasteiger partial charge in [0, 0.05) is 29.9 Å². The molecule has 1 amide bonds. The summed E-state index contributed by atoms with van der Waals surface area (Å²) in [6, 6.07) is 11.7. The number of aryl methyl sites for hydroxylation is 1. The molecule has 154 valence electrons. The number of pyridine rings is 1. The number of aromatic nitrogens is 2. The van der Waals surface area contributed by atoms with Crippen LogP contribution in [0.1, 0.15) is 58.8 Å². The maximum atomic E-state index is 12.4. The van der Waals surface area contributed by atoms with Gasteiger partial charge in [0.25, 0.3) is 5.91 Å². The summed E-state index contributed by atoms with van der Waals surface area (Å²) < 4.78 is 0. The molecule has 1 atom stereocenters. The van der Waals surface area contributed by atoms with Gasteiger partial charge in [0.05, 0.1) is 5.56 Å². The standard InChI is InChI=1S/C24H25N5O.K/c1-16-10-21(14-25-13-16)24(30)29-22-5-3-4-19(11-22)17(2)26-8-9-27-23-12-20(15-28-23)18-6-7-18;/h3-5,9-15,17-18,26H,6-7H2,1-2H3,(H,27,28)(H,29,30);/q-2;+1. The molecule has 1 aromatic carbocycles. The molecule has 1 unspecified atom stereocenters. The molecular weight excluding hydrogens is 413 g/mol. The largest absolute Gasteiger partial charge is 1.00 e. The van der Waals surface area contributed by atoms with Crippen LogP contribution in [0.5, 0.6) is 0 Å². The first-order valence-corrected chi connectivity index (χ1v) is 10.1. The first-order valence-electron chi connectivity index (χ1n) is 10.1. The van der Waals surface area contributed by atoms with Crippen LogP contribution < -0.4 is 67.3 Å². The number of carbonyl (C=O) groups is 1. The van der Waals surface area contributed by atoms with Crippen LogP contribution in [0.2, 0.25) is 0 Å². The number of hydrogen-bond donors (Lipinski definition) is 3. The second kappa shape index (κ2) is 11.1. The van der Waals surface area contributed by atoms with Gasteiger partial charge in [0.2, 0.25) is 0 Å². The molecule has 1 aliphatic rings. The molecular formula is C24H25KN5O-. The van der Waals surface area contributed by atoms with Crippen molar-refractivity contribution in [1.82, 2.24) is 15.3 Å². The van der Waals surface area contributed by atoms with Crippen molar-refractivity contribution in [1.29, 1.82) is 0 Å². The monoisotopic (exact) mass is 438 g/mol. The second-order valence-corrected chi connectivity index (χ2v) is 7.69. The second-order valence-electron chi connectivity index (χ2n) is 7.69. The zero-order chi connectivity index (χ0) is 20.9. The molecule has 31 heavy (non-hydrogen) atoms. The Bertz CT molecular complexity index is 1060. The fourth-order valence-corrected chi connectivity index (χ4v) is 3.22. The van der Waals surface area contributed by atoms with Gasteiger partial charge in [-0.3, -0.25) is 9.78 Å². The number of nitrogens with zero attached hydrogens (tertiary/aromatic N) is 2. The van der Waals surface area contributed by atoms with E-state index in [1.54, 1.807) is 18.6 Å². The average molecular weight is 439 g/mol. The molecule has 3 aromatic rings. The summed E-state index contributed by atoms with van der Waals surface area (Å²) in [6.07, 6.45) is 12.6. The van der Waals surface area contributed by atoms with E-state index in [9.17, 15) is 4.79 Å².